The molecule has 1 nitrogen and oxygen atoms in total. The Labute approximate surface area is 108 Å². The monoisotopic (exact) mass is 267 g/mol. The minimum absolute atomic E-state index is 0. The molecule has 0 heterocycles. The van der Waals surface area contributed by atoms with E-state index in [4.69, 9.17) is 23.2 Å². The van der Waals surface area contributed by atoms with Gasteiger partial charge in [0.15, 0.2) is 0 Å². The topological polar surface area (TPSA) is 12.0 Å². The lowest BCUT2D eigenvalue weighted by Gasteiger charge is -2.14. The number of rotatable bonds is 4. The van der Waals surface area contributed by atoms with Gasteiger partial charge >= 0.3 is 0 Å². The molecular weight excluding hydrogens is 252 g/mol. The molecule has 0 amide bonds. The third-order valence-corrected chi connectivity index (χ3v) is 2.88. The summed E-state index contributed by atoms with van der Waals surface area (Å²) in [6.07, 6.45) is 1.13. The second kappa shape index (κ2) is 7.34. The first-order valence-electron chi connectivity index (χ1n) is 4.83. The van der Waals surface area contributed by atoms with E-state index in [2.05, 4.69) is 19.2 Å². The molecule has 0 saturated heterocycles. The van der Waals surface area contributed by atoms with Crippen molar-refractivity contribution in [2.75, 3.05) is 6.54 Å². The molecule has 4 heteroatoms. The van der Waals surface area contributed by atoms with E-state index in [1.54, 1.807) is 0 Å². The SMILES string of the molecule is CCCNC(C)c1ccc(Cl)c(Cl)c1.Cl. The molecule has 1 aromatic rings. The molecule has 1 aromatic carbocycles. The lowest BCUT2D eigenvalue weighted by atomic mass is 10.1. The molecule has 1 N–H and O–H groups in total. The molecule has 0 aromatic heterocycles. The van der Waals surface area contributed by atoms with Gasteiger partial charge in [-0.1, -0.05) is 36.2 Å². The normalized spacial score (nSPS) is 12.0. The van der Waals surface area contributed by atoms with E-state index in [0.29, 0.717) is 16.1 Å². The van der Waals surface area contributed by atoms with Gasteiger partial charge in [0.1, 0.15) is 0 Å². The van der Waals surface area contributed by atoms with Crippen molar-refractivity contribution >= 4 is 35.6 Å². The highest BCUT2D eigenvalue weighted by Crippen LogP contribution is 2.25. The third-order valence-electron chi connectivity index (χ3n) is 2.14. The molecule has 0 bridgehead atoms. The predicted molar refractivity (Wildman–Crippen MR) is 70.4 cm³/mol. The van der Waals surface area contributed by atoms with Gasteiger partial charge in [-0.05, 0) is 37.6 Å². The first-order chi connectivity index (χ1) is 6.65. The molecule has 1 rings (SSSR count). The zero-order valence-electron chi connectivity index (χ0n) is 8.89. The molecule has 1 unspecified atom stereocenters. The van der Waals surface area contributed by atoms with Crippen LogP contribution in [0.4, 0.5) is 0 Å². The van der Waals surface area contributed by atoms with Gasteiger partial charge in [0.05, 0.1) is 10.0 Å². The van der Waals surface area contributed by atoms with E-state index in [0.717, 1.165) is 13.0 Å². The summed E-state index contributed by atoms with van der Waals surface area (Å²) in [4.78, 5) is 0. The molecule has 0 aliphatic rings. The van der Waals surface area contributed by atoms with Crippen molar-refractivity contribution in [3.63, 3.8) is 0 Å². The molecule has 0 spiro atoms. The van der Waals surface area contributed by atoms with Crippen molar-refractivity contribution in [2.24, 2.45) is 0 Å². The minimum Gasteiger partial charge on any atom is -0.310 e. The first kappa shape index (κ1) is 15.0. The molecule has 0 aliphatic heterocycles. The molecule has 86 valence electrons. The van der Waals surface area contributed by atoms with E-state index in [-0.39, 0.29) is 12.4 Å². The first-order valence-corrected chi connectivity index (χ1v) is 5.59. The van der Waals surface area contributed by atoms with Gasteiger partial charge in [-0.15, -0.1) is 12.4 Å². The Kier molecular flexibility index (Phi) is 7.37. The maximum Gasteiger partial charge on any atom is 0.0595 e. The minimum atomic E-state index is 0. The van der Waals surface area contributed by atoms with Crippen LogP contribution in [0.5, 0.6) is 0 Å². The summed E-state index contributed by atoms with van der Waals surface area (Å²) < 4.78 is 0. The summed E-state index contributed by atoms with van der Waals surface area (Å²) in [5, 5.41) is 4.62. The number of halogens is 3. The Morgan fingerprint density at radius 1 is 1.27 bits per heavy atom. The van der Waals surface area contributed by atoms with Crippen molar-refractivity contribution in [3.05, 3.63) is 33.8 Å². The summed E-state index contributed by atoms with van der Waals surface area (Å²) in [5.41, 5.74) is 1.17. The van der Waals surface area contributed by atoms with Crippen LogP contribution in [0.3, 0.4) is 0 Å². The Morgan fingerprint density at radius 2 is 1.93 bits per heavy atom. The highest BCUT2D eigenvalue weighted by molar-refractivity contribution is 6.42. The maximum atomic E-state index is 5.93. The van der Waals surface area contributed by atoms with Crippen molar-refractivity contribution in [1.29, 1.82) is 0 Å². The average Bonchev–Trinajstić information content (AvgIpc) is 2.18. The maximum absolute atomic E-state index is 5.93. The van der Waals surface area contributed by atoms with E-state index in [1.807, 2.05) is 18.2 Å². The quantitative estimate of drug-likeness (QED) is 0.849. The second-order valence-electron chi connectivity index (χ2n) is 3.35. The van der Waals surface area contributed by atoms with Crippen LogP contribution in [0.1, 0.15) is 31.9 Å². The lowest BCUT2D eigenvalue weighted by Crippen LogP contribution is -2.19. The summed E-state index contributed by atoms with van der Waals surface area (Å²) in [5.74, 6) is 0. The molecule has 0 radical (unpaired) electrons. The number of nitrogens with one attached hydrogen (secondary N) is 1. The highest BCUT2D eigenvalue weighted by Gasteiger charge is 2.05. The zero-order chi connectivity index (χ0) is 10.6. The summed E-state index contributed by atoms with van der Waals surface area (Å²) in [6, 6.07) is 6.08. The molecule has 15 heavy (non-hydrogen) atoms. The molecule has 0 saturated carbocycles. The van der Waals surface area contributed by atoms with Gasteiger partial charge in [0.2, 0.25) is 0 Å². The Bertz CT molecular complexity index is 302. The van der Waals surface area contributed by atoms with Crippen LogP contribution in [0, 0.1) is 0 Å². The van der Waals surface area contributed by atoms with Crippen LogP contribution in [-0.2, 0) is 0 Å². The van der Waals surface area contributed by atoms with E-state index < -0.39 is 0 Å². The summed E-state index contributed by atoms with van der Waals surface area (Å²) in [7, 11) is 0. The molecular formula is C11H16Cl3N. The van der Waals surface area contributed by atoms with E-state index in [1.165, 1.54) is 5.56 Å². The summed E-state index contributed by atoms with van der Waals surface area (Å²) >= 11 is 11.8. The Hall–Kier alpha value is 0.0500. The van der Waals surface area contributed by atoms with Gasteiger partial charge in [-0.3, -0.25) is 0 Å². The van der Waals surface area contributed by atoms with Gasteiger partial charge in [0, 0.05) is 6.04 Å². The summed E-state index contributed by atoms with van der Waals surface area (Å²) in [6.45, 7) is 5.28. The molecule has 0 aliphatic carbocycles. The predicted octanol–water partition coefficient (Wildman–Crippen LogP) is 4.48. The van der Waals surface area contributed by atoms with Crippen LogP contribution in [0.15, 0.2) is 18.2 Å². The molecule has 1 atom stereocenters. The lowest BCUT2D eigenvalue weighted by molar-refractivity contribution is 0.571. The Balaban J connectivity index is 0.00000196. The third kappa shape index (κ3) is 4.60. The van der Waals surface area contributed by atoms with Crippen LogP contribution < -0.4 is 5.32 Å². The largest absolute Gasteiger partial charge is 0.310 e. The fourth-order valence-corrected chi connectivity index (χ4v) is 1.57. The number of hydrogen-bond acceptors (Lipinski definition) is 1. The fraction of sp³-hybridized carbons (Fsp3) is 0.455. The van der Waals surface area contributed by atoms with E-state index >= 15 is 0 Å². The Morgan fingerprint density at radius 3 is 2.47 bits per heavy atom. The van der Waals surface area contributed by atoms with Gasteiger partial charge in [-0.25, -0.2) is 0 Å². The van der Waals surface area contributed by atoms with Gasteiger partial charge in [0.25, 0.3) is 0 Å². The fourth-order valence-electron chi connectivity index (χ4n) is 1.26. The number of benzene rings is 1. The van der Waals surface area contributed by atoms with Crippen LogP contribution in [-0.4, -0.2) is 6.54 Å². The standard InChI is InChI=1S/C11H15Cl2N.ClH/c1-3-6-14-8(2)9-4-5-10(12)11(13)7-9;/h4-5,7-8,14H,3,6H2,1-2H3;1H. The van der Waals surface area contributed by atoms with Gasteiger partial charge in [-0.2, -0.15) is 0 Å². The van der Waals surface area contributed by atoms with Crippen molar-refractivity contribution in [1.82, 2.24) is 5.32 Å². The second-order valence-corrected chi connectivity index (χ2v) is 4.16. The van der Waals surface area contributed by atoms with Crippen LogP contribution >= 0.6 is 35.6 Å². The van der Waals surface area contributed by atoms with Crippen molar-refractivity contribution in [2.45, 2.75) is 26.3 Å². The van der Waals surface area contributed by atoms with Crippen LogP contribution in [0.25, 0.3) is 0 Å². The highest BCUT2D eigenvalue weighted by atomic mass is 35.5. The zero-order valence-corrected chi connectivity index (χ0v) is 11.2. The van der Waals surface area contributed by atoms with Crippen molar-refractivity contribution < 1.29 is 0 Å². The van der Waals surface area contributed by atoms with E-state index in [9.17, 15) is 0 Å². The smallest absolute Gasteiger partial charge is 0.0595 e. The van der Waals surface area contributed by atoms with Crippen molar-refractivity contribution in [3.8, 4) is 0 Å². The van der Waals surface area contributed by atoms with Crippen LogP contribution in [0.2, 0.25) is 10.0 Å². The average molecular weight is 269 g/mol. The van der Waals surface area contributed by atoms with Gasteiger partial charge < -0.3 is 5.32 Å². The number of hydrogen-bond donors (Lipinski definition) is 1. The molecule has 0 fully saturated rings.